The van der Waals surface area contributed by atoms with E-state index in [1.165, 1.54) is 6.07 Å². The van der Waals surface area contributed by atoms with Crippen molar-refractivity contribution in [2.24, 2.45) is 5.92 Å². The van der Waals surface area contributed by atoms with E-state index in [4.69, 9.17) is 0 Å². The number of quaternary nitrogens is 1. The molecule has 3 aromatic rings. The van der Waals surface area contributed by atoms with Crippen molar-refractivity contribution in [3.05, 3.63) is 57.7 Å². The largest absolute Gasteiger partial charge is 0.544 e. The highest BCUT2D eigenvalue weighted by Gasteiger charge is 2.24. The van der Waals surface area contributed by atoms with Gasteiger partial charge in [-0.05, 0) is 37.0 Å². The van der Waals surface area contributed by atoms with Crippen LogP contribution < -0.4 is 22.1 Å². The molecule has 0 amide bonds. The Morgan fingerprint density at radius 3 is 2.56 bits per heavy atom. The number of benzene rings is 1. The van der Waals surface area contributed by atoms with Crippen molar-refractivity contribution < 1.29 is 9.90 Å². The zero-order valence-electron chi connectivity index (χ0n) is 13.8. The molecule has 1 aromatic carbocycles. The summed E-state index contributed by atoms with van der Waals surface area (Å²) in [5.41, 5.74) is 1.19. The Balaban J connectivity index is 0.00000182. The first kappa shape index (κ1) is 17.2. The molecular weight excluding hydrogens is 338 g/mol. The number of thiophene rings is 1. The van der Waals surface area contributed by atoms with Crippen LogP contribution in [-0.4, -0.2) is 10.5 Å². The summed E-state index contributed by atoms with van der Waals surface area (Å²) in [6.45, 7) is 0.647. The molecule has 1 aliphatic carbocycles. The normalized spacial score (nSPS) is 13.4. The number of pyridine rings is 1. The van der Waals surface area contributed by atoms with Crippen molar-refractivity contribution in [3.8, 4) is 0 Å². The molecule has 0 unspecified atom stereocenters. The number of nitrogens with zero attached hydrogens (tertiary/aromatic N) is 1. The van der Waals surface area contributed by atoms with E-state index in [2.05, 4.69) is 5.32 Å². The molecule has 4 rings (SSSR count). The van der Waals surface area contributed by atoms with Gasteiger partial charge in [0.15, 0.2) is 0 Å². The van der Waals surface area contributed by atoms with E-state index >= 15 is 0 Å². The number of aromatic carboxylic acids is 1. The molecule has 1 aliphatic rings. The van der Waals surface area contributed by atoms with Crippen LogP contribution >= 0.6 is 11.3 Å². The van der Waals surface area contributed by atoms with Crippen LogP contribution in [0.1, 0.15) is 22.5 Å². The van der Waals surface area contributed by atoms with Gasteiger partial charge in [-0.25, -0.2) is 0 Å². The third-order valence-corrected chi connectivity index (χ3v) is 5.40. The fourth-order valence-electron chi connectivity index (χ4n) is 2.80. The minimum atomic E-state index is -1.24. The van der Waals surface area contributed by atoms with Crippen molar-refractivity contribution in [1.82, 2.24) is 10.7 Å². The van der Waals surface area contributed by atoms with E-state index in [0.717, 1.165) is 35.3 Å². The molecule has 25 heavy (non-hydrogen) atoms. The quantitative estimate of drug-likeness (QED) is 0.731. The fraction of sp³-hybridized carbons (Fsp3) is 0.222. The summed E-state index contributed by atoms with van der Waals surface area (Å²) in [6.07, 6.45) is 2.24. The summed E-state index contributed by atoms with van der Waals surface area (Å²) in [6, 6.07) is 12.6. The second-order valence-electron chi connectivity index (χ2n) is 6.03. The predicted octanol–water partition coefficient (Wildman–Crippen LogP) is 2.96. The van der Waals surface area contributed by atoms with Crippen LogP contribution in [0.4, 0.5) is 11.4 Å². The fourth-order valence-corrected chi connectivity index (χ4v) is 3.89. The van der Waals surface area contributed by atoms with E-state index in [0.29, 0.717) is 23.0 Å². The van der Waals surface area contributed by atoms with Gasteiger partial charge in [-0.3, -0.25) is 9.36 Å². The number of carboxylic acids is 1. The number of hydrogen-bond acceptors (Lipinski definition) is 5. The SMILES string of the molecule is O=C([O-])c1sc2c(ccc(=O)n2CC2CC2)c1Nc1ccccc1.[NH4+]. The van der Waals surface area contributed by atoms with Crippen LogP contribution in [0.15, 0.2) is 47.3 Å². The van der Waals surface area contributed by atoms with E-state index < -0.39 is 5.97 Å². The number of hydrogen-bond donors (Lipinski definition) is 2. The Labute approximate surface area is 148 Å². The highest BCUT2D eigenvalue weighted by Crippen LogP contribution is 2.38. The Bertz CT molecular complexity index is 974. The van der Waals surface area contributed by atoms with Gasteiger partial charge in [0, 0.05) is 23.7 Å². The lowest BCUT2D eigenvalue weighted by Crippen LogP contribution is -2.21. The maximum atomic E-state index is 12.2. The maximum Gasteiger partial charge on any atom is 0.251 e. The molecule has 7 heteroatoms. The third kappa shape index (κ3) is 3.29. The number of carbonyl (C=O) groups is 1. The summed E-state index contributed by atoms with van der Waals surface area (Å²) >= 11 is 1.10. The molecule has 0 aliphatic heterocycles. The first-order valence-electron chi connectivity index (χ1n) is 7.83. The summed E-state index contributed by atoms with van der Waals surface area (Å²) in [7, 11) is 0. The zero-order chi connectivity index (χ0) is 16.7. The standard InChI is InChI=1S/C18H16N2O3S.H3N/c21-14-9-8-13-15(19-12-4-2-1-3-5-12)16(18(22)23)24-17(13)20(14)10-11-6-7-11;/h1-5,8-9,11,19H,6-7,10H2,(H,22,23);1H3. The molecule has 1 saturated carbocycles. The molecule has 1 fully saturated rings. The number of anilines is 2. The minimum absolute atomic E-state index is 0. The smallest absolute Gasteiger partial charge is 0.251 e. The molecular formula is C18H19N3O3S. The van der Waals surface area contributed by atoms with Gasteiger partial charge in [-0.2, -0.15) is 0 Å². The summed E-state index contributed by atoms with van der Waals surface area (Å²) < 4.78 is 1.69. The number of nitrogens with one attached hydrogen (secondary N) is 1. The van der Waals surface area contributed by atoms with Gasteiger partial charge < -0.3 is 21.4 Å². The van der Waals surface area contributed by atoms with Crippen molar-refractivity contribution in [1.29, 1.82) is 0 Å². The van der Waals surface area contributed by atoms with Crippen LogP contribution in [0.2, 0.25) is 0 Å². The predicted molar refractivity (Wildman–Crippen MR) is 98.8 cm³/mol. The summed E-state index contributed by atoms with van der Waals surface area (Å²) in [5, 5.41) is 15.5. The lowest BCUT2D eigenvalue weighted by atomic mass is 10.2. The number of carbonyl (C=O) groups excluding carboxylic acids is 1. The second-order valence-corrected chi connectivity index (χ2v) is 7.03. The number of carboxylic acid groups (broad SMARTS) is 1. The van der Waals surface area contributed by atoms with Crippen molar-refractivity contribution in [2.75, 3.05) is 5.32 Å². The van der Waals surface area contributed by atoms with Crippen LogP contribution in [0.25, 0.3) is 10.2 Å². The van der Waals surface area contributed by atoms with Gasteiger partial charge in [-0.15, -0.1) is 11.3 Å². The van der Waals surface area contributed by atoms with E-state index in [1.807, 2.05) is 30.3 Å². The van der Waals surface area contributed by atoms with E-state index in [-0.39, 0.29) is 16.6 Å². The number of para-hydroxylation sites is 1. The molecule has 0 bridgehead atoms. The molecule has 130 valence electrons. The van der Waals surface area contributed by atoms with Gasteiger partial charge in [0.05, 0.1) is 16.5 Å². The van der Waals surface area contributed by atoms with Crippen molar-refractivity contribution >= 4 is 38.9 Å². The first-order valence-corrected chi connectivity index (χ1v) is 8.65. The molecule has 5 N–H and O–H groups in total. The Morgan fingerprint density at radius 2 is 1.92 bits per heavy atom. The van der Waals surface area contributed by atoms with E-state index in [1.54, 1.807) is 10.6 Å². The topological polar surface area (TPSA) is 111 Å². The molecule has 0 spiro atoms. The van der Waals surface area contributed by atoms with Crippen molar-refractivity contribution in [2.45, 2.75) is 19.4 Å². The molecule has 2 aromatic heterocycles. The van der Waals surface area contributed by atoms with Gasteiger partial charge in [0.2, 0.25) is 0 Å². The summed E-state index contributed by atoms with van der Waals surface area (Å²) in [5.74, 6) is -0.715. The van der Waals surface area contributed by atoms with Crippen molar-refractivity contribution in [3.63, 3.8) is 0 Å². The average Bonchev–Trinajstić information content (AvgIpc) is 3.32. The van der Waals surface area contributed by atoms with Crippen LogP contribution in [0, 0.1) is 5.92 Å². The minimum Gasteiger partial charge on any atom is -0.544 e. The monoisotopic (exact) mass is 357 g/mol. The number of aromatic nitrogens is 1. The second kappa shape index (κ2) is 6.70. The lowest BCUT2D eigenvalue weighted by molar-refractivity contribution is -0.254. The average molecular weight is 357 g/mol. The number of fused-ring (bicyclic) bond motifs is 1. The Kier molecular flexibility index (Phi) is 4.61. The van der Waals surface area contributed by atoms with Gasteiger partial charge in [0.25, 0.3) is 5.56 Å². The number of rotatable bonds is 5. The third-order valence-electron chi connectivity index (χ3n) is 4.20. The Morgan fingerprint density at radius 1 is 1.20 bits per heavy atom. The lowest BCUT2D eigenvalue weighted by Gasteiger charge is -2.09. The highest BCUT2D eigenvalue weighted by atomic mass is 32.1. The highest BCUT2D eigenvalue weighted by molar-refractivity contribution is 7.21. The molecule has 2 heterocycles. The maximum absolute atomic E-state index is 12.2. The molecule has 0 atom stereocenters. The first-order chi connectivity index (χ1) is 11.6. The summed E-state index contributed by atoms with van der Waals surface area (Å²) in [4.78, 5) is 24.6. The molecule has 0 saturated heterocycles. The van der Waals surface area contributed by atoms with Gasteiger partial charge in [-0.1, -0.05) is 18.2 Å². The van der Waals surface area contributed by atoms with Gasteiger partial charge >= 0.3 is 0 Å². The van der Waals surface area contributed by atoms with Crippen LogP contribution in [0.5, 0.6) is 0 Å². The zero-order valence-corrected chi connectivity index (χ0v) is 14.6. The molecule has 6 nitrogen and oxygen atoms in total. The van der Waals surface area contributed by atoms with Crippen LogP contribution in [-0.2, 0) is 6.54 Å². The molecule has 0 radical (unpaired) electrons. The van der Waals surface area contributed by atoms with Crippen LogP contribution in [0.3, 0.4) is 0 Å². The van der Waals surface area contributed by atoms with E-state index in [9.17, 15) is 14.7 Å². The van der Waals surface area contributed by atoms with Gasteiger partial charge in [0.1, 0.15) is 4.83 Å². The Hall–Kier alpha value is -2.64.